The highest BCUT2D eigenvalue weighted by Gasteiger charge is 2.40. The van der Waals surface area contributed by atoms with Crippen LogP contribution in [0.15, 0.2) is 140 Å². The van der Waals surface area contributed by atoms with Gasteiger partial charge in [-0.3, -0.25) is 0 Å². The summed E-state index contributed by atoms with van der Waals surface area (Å²) in [6.07, 6.45) is 0. The maximum Gasteiger partial charge on any atom is 0.152 e. The molecular formula is C31H25Si3. The molecule has 1 aliphatic rings. The van der Waals surface area contributed by atoms with Gasteiger partial charge in [0.05, 0.1) is 9.04 Å². The summed E-state index contributed by atoms with van der Waals surface area (Å²) >= 11 is 0. The first-order valence-corrected chi connectivity index (χ1v) is 17.5. The highest BCUT2D eigenvalue weighted by Crippen LogP contribution is 2.15. The van der Waals surface area contributed by atoms with E-state index in [0.717, 1.165) is 15.1 Å². The summed E-state index contributed by atoms with van der Waals surface area (Å²) < 4.78 is 0. The molecule has 5 aromatic rings. The van der Waals surface area contributed by atoms with Gasteiger partial charge in [0.1, 0.15) is 8.31 Å². The summed E-state index contributed by atoms with van der Waals surface area (Å²) in [5.74, 6) is 0. The molecule has 34 heavy (non-hydrogen) atoms. The minimum atomic E-state index is -2.30. The van der Waals surface area contributed by atoms with Gasteiger partial charge in [-0.25, -0.2) is 0 Å². The first-order valence-electron chi connectivity index (χ1n) is 11.8. The predicted octanol–water partition coefficient (Wildman–Crippen LogP) is 2.39. The van der Waals surface area contributed by atoms with E-state index in [9.17, 15) is 0 Å². The van der Waals surface area contributed by atoms with Gasteiger partial charge in [-0.05, 0) is 27.2 Å². The van der Waals surface area contributed by atoms with Crippen LogP contribution < -0.4 is 31.1 Å². The van der Waals surface area contributed by atoms with Gasteiger partial charge >= 0.3 is 0 Å². The highest BCUT2D eigenvalue weighted by atomic mass is 29.2. The topological polar surface area (TPSA) is 0 Å². The average molecular weight is 482 g/mol. The number of hydrogen-bond donors (Lipinski definition) is 0. The van der Waals surface area contributed by atoms with E-state index < -0.39 is 16.4 Å². The lowest BCUT2D eigenvalue weighted by Gasteiger charge is -2.35. The summed E-state index contributed by atoms with van der Waals surface area (Å²) in [6.45, 7) is 0. The lowest BCUT2D eigenvalue weighted by Crippen LogP contribution is -2.70. The average Bonchev–Trinajstić information content (AvgIpc) is 2.92. The molecule has 161 valence electrons. The van der Waals surface area contributed by atoms with Gasteiger partial charge in [0.25, 0.3) is 0 Å². The van der Waals surface area contributed by atoms with E-state index in [1.54, 1.807) is 0 Å². The van der Waals surface area contributed by atoms with E-state index in [0.29, 0.717) is 0 Å². The van der Waals surface area contributed by atoms with Crippen LogP contribution in [0.2, 0.25) is 0 Å². The second-order valence-corrected chi connectivity index (χ2v) is 17.8. The third kappa shape index (κ3) is 3.86. The molecule has 0 aromatic heterocycles. The van der Waals surface area contributed by atoms with Gasteiger partial charge in [0, 0.05) is 0 Å². The predicted molar refractivity (Wildman–Crippen MR) is 151 cm³/mol. The van der Waals surface area contributed by atoms with Crippen molar-refractivity contribution < 1.29 is 0 Å². The Balaban J connectivity index is 1.67. The van der Waals surface area contributed by atoms with Gasteiger partial charge in [-0.1, -0.05) is 155 Å². The van der Waals surface area contributed by atoms with Crippen molar-refractivity contribution in [2.24, 2.45) is 0 Å². The summed E-state index contributed by atoms with van der Waals surface area (Å²) in [5.41, 5.74) is 1.46. The molecule has 0 N–H and O–H groups in total. The van der Waals surface area contributed by atoms with Crippen LogP contribution in [0, 0.1) is 0 Å². The van der Waals surface area contributed by atoms with Gasteiger partial charge in [-0.2, -0.15) is 0 Å². The van der Waals surface area contributed by atoms with E-state index in [4.69, 9.17) is 0 Å². The lowest BCUT2D eigenvalue weighted by atomic mass is 10.2. The molecule has 0 atom stereocenters. The van der Waals surface area contributed by atoms with Crippen LogP contribution in [-0.2, 0) is 6.04 Å². The molecule has 0 saturated carbocycles. The number of rotatable bonds is 3. The van der Waals surface area contributed by atoms with E-state index in [2.05, 4.69) is 140 Å². The fourth-order valence-electron chi connectivity index (χ4n) is 5.32. The van der Waals surface area contributed by atoms with Crippen molar-refractivity contribution in [3.05, 3.63) is 145 Å². The minimum Gasteiger partial charge on any atom is -0.0664 e. The van der Waals surface area contributed by atoms with Gasteiger partial charge < -0.3 is 0 Å². The fourth-order valence-corrected chi connectivity index (χ4v) is 15.8. The number of benzene rings is 5. The lowest BCUT2D eigenvalue weighted by molar-refractivity contribution is 1.35. The molecular weight excluding hydrogens is 457 g/mol. The van der Waals surface area contributed by atoms with Crippen molar-refractivity contribution in [2.75, 3.05) is 0 Å². The maximum atomic E-state index is 2.59. The Bertz CT molecular complexity index is 1360. The Morgan fingerprint density at radius 1 is 0.500 bits per heavy atom. The monoisotopic (exact) mass is 481 g/mol. The first kappa shape index (κ1) is 21.3. The van der Waals surface area contributed by atoms with Crippen LogP contribution in [0.3, 0.4) is 0 Å². The molecule has 4 bridgehead atoms. The Morgan fingerprint density at radius 3 is 1.74 bits per heavy atom. The van der Waals surface area contributed by atoms with Crippen molar-refractivity contribution in [3.8, 4) is 0 Å². The second-order valence-electron chi connectivity index (χ2n) is 8.96. The molecule has 0 saturated heterocycles. The Labute approximate surface area is 207 Å². The largest absolute Gasteiger partial charge is 0.152 e. The van der Waals surface area contributed by atoms with Crippen molar-refractivity contribution in [2.45, 2.75) is 6.04 Å². The zero-order valence-corrected chi connectivity index (χ0v) is 22.0. The molecule has 0 unspecified atom stereocenters. The standard InChI is InChI=1S/C31H25Si3/c1-4-14-27(15-5-1)33-28-16-11-21-31(23-28)34(29-17-6-2-7-18-29,30-19-8-3-9-20-30)24-25-12-10-13-26(22-25)32-33/h1-23H,24H2. The molecule has 1 heterocycles. The summed E-state index contributed by atoms with van der Waals surface area (Å²) in [6, 6.07) is 54.1. The number of fused-ring (bicyclic) bond motifs is 4. The van der Waals surface area contributed by atoms with Crippen LogP contribution in [0.5, 0.6) is 0 Å². The summed E-state index contributed by atoms with van der Waals surface area (Å²) in [7, 11) is -2.41. The molecule has 6 rings (SSSR count). The second kappa shape index (κ2) is 9.18. The van der Waals surface area contributed by atoms with Crippen LogP contribution >= 0.6 is 0 Å². The normalized spacial score (nSPS) is 14.9. The molecule has 0 fully saturated rings. The van der Waals surface area contributed by atoms with Gasteiger partial charge in [-0.15, -0.1) is 0 Å². The SMILES string of the molecule is c1ccc([Si]2[Si]c3cccc(c3)C[Si](c3ccccc3)(c3ccccc3)c3cccc2c3)cc1. The molecule has 0 amide bonds. The third-order valence-electron chi connectivity index (χ3n) is 6.91. The van der Waals surface area contributed by atoms with E-state index in [1.807, 2.05) is 0 Å². The molecule has 0 nitrogen and oxygen atoms in total. The molecule has 3 heteroatoms. The molecule has 1 aliphatic heterocycles. The molecule has 0 aliphatic carbocycles. The van der Waals surface area contributed by atoms with Crippen LogP contribution in [0.25, 0.3) is 0 Å². The summed E-state index contributed by atoms with van der Waals surface area (Å²) in [5, 5.41) is 9.02. The molecule has 0 spiro atoms. The molecule has 5 aromatic carbocycles. The quantitative estimate of drug-likeness (QED) is 0.347. The Hall–Kier alpha value is -3.25. The first-order chi connectivity index (χ1) is 16.8. The van der Waals surface area contributed by atoms with E-state index in [1.165, 1.54) is 36.7 Å². The molecule has 3 radical (unpaired) electrons. The fraction of sp³-hybridized carbons (Fsp3) is 0.0323. The van der Waals surface area contributed by atoms with Crippen molar-refractivity contribution in [1.29, 1.82) is 0 Å². The zero-order valence-electron chi connectivity index (χ0n) is 19.0. The van der Waals surface area contributed by atoms with Crippen LogP contribution in [0.1, 0.15) is 5.56 Å². The summed E-state index contributed by atoms with van der Waals surface area (Å²) in [4.78, 5) is 0. The third-order valence-corrected chi connectivity index (χ3v) is 17.8. The smallest absolute Gasteiger partial charge is 0.0664 e. The van der Waals surface area contributed by atoms with Crippen LogP contribution in [0.4, 0.5) is 0 Å². The van der Waals surface area contributed by atoms with Gasteiger partial charge in [0.15, 0.2) is 8.07 Å². The minimum absolute atomic E-state index is 0.809. The van der Waals surface area contributed by atoms with Crippen molar-refractivity contribution in [1.82, 2.24) is 0 Å². The zero-order chi connectivity index (χ0) is 22.8. The van der Waals surface area contributed by atoms with E-state index >= 15 is 0 Å². The Kier molecular flexibility index (Phi) is 5.75. The maximum absolute atomic E-state index is 2.59. The van der Waals surface area contributed by atoms with Crippen molar-refractivity contribution >= 4 is 56.5 Å². The Morgan fingerprint density at radius 2 is 1.06 bits per heavy atom. The van der Waals surface area contributed by atoms with Crippen molar-refractivity contribution in [3.63, 3.8) is 0 Å². The highest BCUT2D eigenvalue weighted by molar-refractivity contribution is 7.29. The van der Waals surface area contributed by atoms with Crippen LogP contribution in [-0.4, -0.2) is 25.4 Å². The number of hydrogen-bond acceptors (Lipinski definition) is 0. The van der Waals surface area contributed by atoms with E-state index in [-0.39, 0.29) is 0 Å². The van der Waals surface area contributed by atoms with Gasteiger partial charge in [0.2, 0.25) is 0 Å².